The smallest absolute Gasteiger partial charge is 0.321 e. The maximum atomic E-state index is 12.4. The third-order valence-corrected chi connectivity index (χ3v) is 6.80. The fourth-order valence-electron chi connectivity index (χ4n) is 2.41. The summed E-state index contributed by atoms with van der Waals surface area (Å²) in [5, 5.41) is 6.67. The molecule has 3 amide bonds. The highest BCUT2D eigenvalue weighted by Crippen LogP contribution is 2.21. The number of rotatable bonds is 4. The van der Waals surface area contributed by atoms with Gasteiger partial charge in [-0.15, -0.1) is 11.3 Å². The van der Waals surface area contributed by atoms with Crippen LogP contribution in [0.25, 0.3) is 0 Å². The second-order valence-corrected chi connectivity index (χ2v) is 9.98. The van der Waals surface area contributed by atoms with Gasteiger partial charge in [0.25, 0.3) is 10.0 Å². The molecule has 0 radical (unpaired) electrons. The molecule has 2 rings (SSSR count). The highest BCUT2D eigenvalue weighted by Gasteiger charge is 2.29. The lowest BCUT2D eigenvalue weighted by atomic mass is 10.1. The third kappa shape index (κ3) is 5.77. The molecule has 0 saturated carbocycles. The number of thiophene rings is 1. The average molecular weight is 389 g/mol. The number of hydrogen-bond acceptors (Lipinski definition) is 6. The van der Waals surface area contributed by atoms with Crippen molar-refractivity contribution < 1.29 is 18.0 Å². The van der Waals surface area contributed by atoms with Gasteiger partial charge in [-0.25, -0.2) is 13.2 Å². The van der Waals surface area contributed by atoms with Crippen LogP contribution >= 0.6 is 11.3 Å². The van der Waals surface area contributed by atoms with E-state index in [0.29, 0.717) is 30.4 Å². The van der Waals surface area contributed by atoms with Crippen LogP contribution in [0.2, 0.25) is 0 Å². The van der Waals surface area contributed by atoms with Crippen molar-refractivity contribution in [2.24, 2.45) is 0 Å². The summed E-state index contributed by atoms with van der Waals surface area (Å²) in [6, 6.07) is 2.77. The van der Waals surface area contributed by atoms with E-state index in [1.807, 2.05) is 25.7 Å². The zero-order valence-corrected chi connectivity index (χ0v) is 16.2. The molecule has 1 aromatic heterocycles. The van der Waals surface area contributed by atoms with E-state index in [9.17, 15) is 18.0 Å². The number of carbonyl (C=O) groups is 2. The molecule has 1 aliphatic heterocycles. The molecule has 1 fully saturated rings. The quantitative estimate of drug-likeness (QED) is 0.790. The van der Waals surface area contributed by atoms with Crippen molar-refractivity contribution in [2.75, 3.05) is 32.7 Å². The van der Waals surface area contributed by atoms with Crippen LogP contribution in [-0.2, 0) is 14.8 Å². The molecule has 0 spiro atoms. The number of urea groups is 1. The van der Waals surface area contributed by atoms with E-state index < -0.39 is 27.5 Å². The highest BCUT2D eigenvalue weighted by atomic mass is 32.2. The van der Waals surface area contributed by atoms with E-state index in [1.165, 1.54) is 15.6 Å². The summed E-state index contributed by atoms with van der Waals surface area (Å²) < 4.78 is 26.6. The summed E-state index contributed by atoms with van der Waals surface area (Å²) in [5.41, 5.74) is -0.424. The van der Waals surface area contributed by atoms with Gasteiger partial charge in [-0.1, -0.05) is 6.07 Å². The molecular weight excluding hydrogens is 364 g/mol. The summed E-state index contributed by atoms with van der Waals surface area (Å²) in [4.78, 5) is 25.4. The van der Waals surface area contributed by atoms with Crippen LogP contribution < -0.4 is 10.6 Å². The van der Waals surface area contributed by atoms with Crippen molar-refractivity contribution in [1.82, 2.24) is 19.8 Å². The van der Waals surface area contributed by atoms with E-state index in [1.54, 1.807) is 17.5 Å². The van der Waals surface area contributed by atoms with E-state index in [4.69, 9.17) is 0 Å². The molecule has 2 N–H and O–H groups in total. The average Bonchev–Trinajstić information content (AvgIpc) is 3.00. The Balaban J connectivity index is 1.81. The predicted molar refractivity (Wildman–Crippen MR) is 95.9 cm³/mol. The topological polar surface area (TPSA) is 98.8 Å². The normalized spacial score (nSPS) is 17.2. The van der Waals surface area contributed by atoms with Crippen LogP contribution in [0.15, 0.2) is 21.7 Å². The maximum absolute atomic E-state index is 12.4. The number of nitrogens with one attached hydrogen (secondary N) is 2. The lowest BCUT2D eigenvalue weighted by molar-refractivity contribution is -0.121. The lowest BCUT2D eigenvalue weighted by Crippen LogP contribution is -2.53. The van der Waals surface area contributed by atoms with Crippen molar-refractivity contribution in [3.8, 4) is 0 Å². The Kier molecular flexibility index (Phi) is 6.20. The zero-order chi connectivity index (χ0) is 18.7. The second-order valence-electron chi connectivity index (χ2n) is 6.86. The SMILES string of the molecule is CC(C)(C)NC(=O)NC(=O)CN1CCN(S(=O)(=O)c2cccs2)CC1. The first kappa shape index (κ1) is 19.8. The van der Waals surface area contributed by atoms with Gasteiger partial charge in [0.2, 0.25) is 5.91 Å². The molecular formula is C15H24N4O4S2. The Bertz CT molecular complexity index is 702. The molecule has 1 saturated heterocycles. The number of piperazine rings is 1. The molecule has 0 unspecified atom stereocenters. The minimum absolute atomic E-state index is 0.0600. The molecule has 140 valence electrons. The molecule has 8 nitrogen and oxygen atoms in total. The van der Waals surface area contributed by atoms with Gasteiger partial charge in [-0.3, -0.25) is 15.0 Å². The van der Waals surface area contributed by atoms with Gasteiger partial charge in [-0.2, -0.15) is 4.31 Å². The highest BCUT2D eigenvalue weighted by molar-refractivity contribution is 7.91. The maximum Gasteiger partial charge on any atom is 0.321 e. The number of hydrogen-bond donors (Lipinski definition) is 2. The molecule has 1 aromatic rings. The van der Waals surface area contributed by atoms with Crippen LogP contribution in [0.1, 0.15) is 20.8 Å². The number of imide groups is 1. The van der Waals surface area contributed by atoms with E-state index in [2.05, 4.69) is 10.6 Å². The lowest BCUT2D eigenvalue weighted by Gasteiger charge is -2.33. The minimum atomic E-state index is -3.45. The van der Waals surface area contributed by atoms with Crippen LogP contribution in [0, 0.1) is 0 Å². The van der Waals surface area contributed by atoms with Crippen molar-refractivity contribution in [1.29, 1.82) is 0 Å². The van der Waals surface area contributed by atoms with Gasteiger partial charge in [0.05, 0.1) is 6.54 Å². The van der Waals surface area contributed by atoms with E-state index in [0.717, 1.165) is 0 Å². The molecule has 25 heavy (non-hydrogen) atoms. The monoisotopic (exact) mass is 388 g/mol. The molecule has 2 heterocycles. The first-order valence-electron chi connectivity index (χ1n) is 7.96. The fraction of sp³-hybridized carbons (Fsp3) is 0.600. The Hall–Kier alpha value is -1.49. The molecule has 0 atom stereocenters. The summed E-state index contributed by atoms with van der Waals surface area (Å²) in [7, 11) is -3.45. The first-order valence-corrected chi connectivity index (χ1v) is 10.3. The second kappa shape index (κ2) is 7.81. The van der Waals surface area contributed by atoms with E-state index >= 15 is 0 Å². The van der Waals surface area contributed by atoms with Crippen molar-refractivity contribution in [3.05, 3.63) is 17.5 Å². The molecule has 0 bridgehead atoms. The molecule has 1 aliphatic rings. The first-order chi connectivity index (χ1) is 11.6. The summed E-state index contributed by atoms with van der Waals surface area (Å²) in [6.07, 6.45) is 0. The fourth-order valence-corrected chi connectivity index (χ4v) is 4.97. The molecule has 10 heteroatoms. The number of nitrogens with zero attached hydrogens (tertiary/aromatic N) is 2. The number of amides is 3. The minimum Gasteiger partial charge on any atom is -0.333 e. The molecule has 0 aliphatic carbocycles. The Morgan fingerprint density at radius 3 is 2.36 bits per heavy atom. The summed E-state index contributed by atoms with van der Waals surface area (Å²) in [6.45, 7) is 7.06. The van der Waals surface area contributed by atoms with Crippen molar-refractivity contribution >= 4 is 33.3 Å². The molecule has 0 aromatic carbocycles. The Morgan fingerprint density at radius 1 is 1.20 bits per heavy atom. The van der Waals surface area contributed by atoms with Crippen LogP contribution in [0.5, 0.6) is 0 Å². The Labute approximate surface area is 152 Å². The van der Waals surface area contributed by atoms with Gasteiger partial charge in [0, 0.05) is 31.7 Å². The van der Waals surface area contributed by atoms with Crippen LogP contribution in [0.3, 0.4) is 0 Å². The van der Waals surface area contributed by atoms with E-state index in [-0.39, 0.29) is 6.54 Å². The van der Waals surface area contributed by atoms with Crippen LogP contribution in [-0.4, -0.2) is 67.8 Å². The number of sulfonamides is 1. The number of carbonyl (C=O) groups excluding carboxylic acids is 2. The standard InChI is InChI=1S/C15H24N4O4S2/c1-15(2,3)17-14(21)16-12(20)11-18-6-8-19(9-7-18)25(22,23)13-5-4-10-24-13/h4-5,10H,6-9,11H2,1-3H3,(H2,16,17,20,21). The largest absolute Gasteiger partial charge is 0.333 e. The van der Waals surface area contributed by atoms with Crippen LogP contribution in [0.4, 0.5) is 4.79 Å². The third-order valence-electron chi connectivity index (χ3n) is 3.53. The van der Waals surface area contributed by atoms with Gasteiger partial charge >= 0.3 is 6.03 Å². The van der Waals surface area contributed by atoms with Gasteiger partial charge < -0.3 is 5.32 Å². The van der Waals surface area contributed by atoms with Gasteiger partial charge in [0.1, 0.15) is 4.21 Å². The summed E-state index contributed by atoms with van der Waals surface area (Å²) in [5.74, 6) is -0.406. The predicted octanol–water partition coefficient (Wildman–Crippen LogP) is 0.679. The zero-order valence-electron chi connectivity index (χ0n) is 14.6. The van der Waals surface area contributed by atoms with Crippen molar-refractivity contribution in [2.45, 2.75) is 30.5 Å². The van der Waals surface area contributed by atoms with Gasteiger partial charge in [-0.05, 0) is 32.2 Å². The van der Waals surface area contributed by atoms with Crippen molar-refractivity contribution in [3.63, 3.8) is 0 Å². The summed E-state index contributed by atoms with van der Waals surface area (Å²) >= 11 is 1.19. The Morgan fingerprint density at radius 2 is 1.84 bits per heavy atom. The van der Waals surface area contributed by atoms with Gasteiger partial charge in [0.15, 0.2) is 0 Å².